The molecule has 1 unspecified atom stereocenters. The van der Waals surface area contributed by atoms with Gasteiger partial charge in [-0.2, -0.15) is 0 Å². The van der Waals surface area contributed by atoms with Crippen molar-refractivity contribution in [2.45, 2.75) is 19.1 Å². The maximum absolute atomic E-state index is 6.29. The minimum atomic E-state index is -0.0994. The third-order valence-corrected chi connectivity index (χ3v) is 4.53. The van der Waals surface area contributed by atoms with Gasteiger partial charge in [0.05, 0.1) is 7.11 Å². The number of halogens is 1. The van der Waals surface area contributed by atoms with Crippen LogP contribution in [0.25, 0.3) is 0 Å². The summed E-state index contributed by atoms with van der Waals surface area (Å²) in [5, 5.41) is 0.686. The second-order valence-corrected chi connectivity index (χ2v) is 6.36. The van der Waals surface area contributed by atoms with Gasteiger partial charge in [-0.25, -0.2) is 0 Å². The number of hydrogen-bond donors (Lipinski definition) is 1. The number of benzene rings is 2. The van der Waals surface area contributed by atoms with Gasteiger partial charge in [-0.15, -0.1) is 0 Å². The molecule has 0 saturated carbocycles. The quantitative estimate of drug-likeness (QED) is 0.664. The van der Waals surface area contributed by atoms with Gasteiger partial charge in [0.15, 0.2) is 11.5 Å². The Labute approximate surface area is 158 Å². The summed E-state index contributed by atoms with van der Waals surface area (Å²) in [5.41, 5.74) is 9.36. The van der Waals surface area contributed by atoms with Gasteiger partial charge in [0.25, 0.3) is 0 Å². The molecule has 0 aliphatic heterocycles. The molecule has 0 radical (unpaired) electrons. The minimum Gasteiger partial charge on any atom is -0.493 e. The first-order valence-corrected chi connectivity index (χ1v) is 8.74. The van der Waals surface area contributed by atoms with E-state index < -0.39 is 0 Å². The van der Waals surface area contributed by atoms with Gasteiger partial charge in [0.2, 0.25) is 0 Å². The highest BCUT2D eigenvalue weighted by Crippen LogP contribution is 2.31. The highest BCUT2D eigenvalue weighted by molar-refractivity contribution is 6.31. The SMILES string of the molecule is COc1cc(CC(N)c2ccncc2)ccc1OCc1ccccc1Cl. The van der Waals surface area contributed by atoms with E-state index in [2.05, 4.69) is 4.98 Å². The molecule has 0 spiro atoms. The molecule has 0 aliphatic rings. The molecule has 0 bridgehead atoms. The summed E-state index contributed by atoms with van der Waals surface area (Å²) >= 11 is 6.18. The van der Waals surface area contributed by atoms with E-state index in [0.717, 1.165) is 16.7 Å². The van der Waals surface area contributed by atoms with Crippen molar-refractivity contribution in [3.63, 3.8) is 0 Å². The maximum Gasteiger partial charge on any atom is 0.161 e. The van der Waals surface area contributed by atoms with Crippen LogP contribution in [0.3, 0.4) is 0 Å². The first-order valence-electron chi connectivity index (χ1n) is 8.36. The van der Waals surface area contributed by atoms with E-state index in [1.165, 1.54) is 0 Å². The molecule has 0 saturated heterocycles. The van der Waals surface area contributed by atoms with E-state index in [1.54, 1.807) is 19.5 Å². The van der Waals surface area contributed by atoms with Crippen LogP contribution in [0.5, 0.6) is 11.5 Å². The van der Waals surface area contributed by atoms with Gasteiger partial charge in [-0.05, 0) is 47.9 Å². The molecule has 26 heavy (non-hydrogen) atoms. The molecule has 4 nitrogen and oxygen atoms in total. The van der Waals surface area contributed by atoms with E-state index in [-0.39, 0.29) is 6.04 Å². The fourth-order valence-corrected chi connectivity index (χ4v) is 2.90. The second kappa shape index (κ2) is 8.70. The molecule has 134 valence electrons. The Balaban J connectivity index is 1.70. The molecule has 0 amide bonds. The van der Waals surface area contributed by atoms with Crippen molar-refractivity contribution in [3.8, 4) is 11.5 Å². The average Bonchev–Trinajstić information content (AvgIpc) is 2.68. The largest absolute Gasteiger partial charge is 0.493 e. The van der Waals surface area contributed by atoms with Crippen molar-refractivity contribution in [3.05, 3.63) is 88.7 Å². The molecule has 1 heterocycles. The van der Waals surface area contributed by atoms with Crippen LogP contribution in [0.4, 0.5) is 0 Å². The molecule has 2 aromatic carbocycles. The van der Waals surface area contributed by atoms with Crippen LogP contribution in [0.15, 0.2) is 67.0 Å². The van der Waals surface area contributed by atoms with Crippen LogP contribution in [-0.2, 0) is 13.0 Å². The smallest absolute Gasteiger partial charge is 0.161 e. The lowest BCUT2D eigenvalue weighted by atomic mass is 10.0. The molecular formula is C21H21ClN2O2. The van der Waals surface area contributed by atoms with Crippen LogP contribution >= 0.6 is 11.6 Å². The van der Waals surface area contributed by atoms with Crippen LogP contribution in [0, 0.1) is 0 Å². The first kappa shape index (κ1) is 18.2. The van der Waals surface area contributed by atoms with Crippen molar-refractivity contribution < 1.29 is 9.47 Å². The second-order valence-electron chi connectivity index (χ2n) is 5.96. The Bertz CT molecular complexity index is 856. The third kappa shape index (κ3) is 4.54. The number of rotatable bonds is 7. The molecule has 3 rings (SSSR count). The van der Waals surface area contributed by atoms with Gasteiger partial charge in [0.1, 0.15) is 6.61 Å². The molecule has 2 N–H and O–H groups in total. The number of pyridine rings is 1. The van der Waals surface area contributed by atoms with E-state index in [9.17, 15) is 0 Å². The lowest BCUT2D eigenvalue weighted by Gasteiger charge is -2.15. The molecule has 3 aromatic rings. The zero-order valence-corrected chi connectivity index (χ0v) is 15.3. The Morgan fingerprint density at radius 3 is 2.54 bits per heavy atom. The molecule has 1 atom stereocenters. The number of ether oxygens (including phenoxy) is 2. The molecular weight excluding hydrogens is 348 g/mol. The summed E-state index contributed by atoms with van der Waals surface area (Å²) in [6.45, 7) is 0.381. The van der Waals surface area contributed by atoms with Crippen molar-refractivity contribution in [2.24, 2.45) is 5.73 Å². The summed E-state index contributed by atoms with van der Waals surface area (Å²) < 4.78 is 11.4. The molecule has 0 fully saturated rings. The van der Waals surface area contributed by atoms with E-state index in [4.69, 9.17) is 26.8 Å². The summed E-state index contributed by atoms with van der Waals surface area (Å²) in [6.07, 6.45) is 4.20. The monoisotopic (exact) mass is 368 g/mol. The standard InChI is InChI=1S/C21H21ClN2O2/c1-25-21-13-15(12-19(23)16-8-10-24-11-9-16)6-7-20(21)26-14-17-4-2-3-5-18(17)22/h2-11,13,19H,12,14,23H2,1H3. The van der Waals surface area contributed by atoms with Gasteiger partial charge in [-0.3, -0.25) is 4.98 Å². The first-order chi connectivity index (χ1) is 12.7. The van der Waals surface area contributed by atoms with Gasteiger partial charge in [0, 0.05) is 29.0 Å². The number of nitrogens with zero attached hydrogens (tertiary/aromatic N) is 1. The fourth-order valence-electron chi connectivity index (χ4n) is 2.71. The zero-order chi connectivity index (χ0) is 18.4. The van der Waals surface area contributed by atoms with Crippen molar-refractivity contribution >= 4 is 11.6 Å². The maximum atomic E-state index is 6.29. The van der Waals surface area contributed by atoms with Crippen LogP contribution in [-0.4, -0.2) is 12.1 Å². The van der Waals surface area contributed by atoms with Crippen molar-refractivity contribution in [1.82, 2.24) is 4.98 Å². The number of nitrogens with two attached hydrogens (primary N) is 1. The normalized spacial score (nSPS) is 11.8. The van der Waals surface area contributed by atoms with Gasteiger partial charge >= 0.3 is 0 Å². The van der Waals surface area contributed by atoms with E-state index in [1.807, 2.05) is 54.6 Å². The topological polar surface area (TPSA) is 57.4 Å². The lowest BCUT2D eigenvalue weighted by Crippen LogP contribution is -2.13. The number of aromatic nitrogens is 1. The lowest BCUT2D eigenvalue weighted by molar-refractivity contribution is 0.284. The Morgan fingerprint density at radius 1 is 1.04 bits per heavy atom. The summed E-state index contributed by atoms with van der Waals surface area (Å²) in [6, 6.07) is 17.3. The van der Waals surface area contributed by atoms with Crippen molar-refractivity contribution in [1.29, 1.82) is 0 Å². The van der Waals surface area contributed by atoms with Crippen LogP contribution in [0.1, 0.15) is 22.7 Å². The van der Waals surface area contributed by atoms with E-state index in [0.29, 0.717) is 29.5 Å². The van der Waals surface area contributed by atoms with Crippen LogP contribution in [0.2, 0.25) is 5.02 Å². The minimum absolute atomic E-state index is 0.0994. The van der Waals surface area contributed by atoms with Gasteiger partial charge < -0.3 is 15.2 Å². The summed E-state index contributed by atoms with van der Waals surface area (Å²) in [5.74, 6) is 1.35. The van der Waals surface area contributed by atoms with Crippen LogP contribution < -0.4 is 15.2 Å². The number of hydrogen-bond acceptors (Lipinski definition) is 4. The summed E-state index contributed by atoms with van der Waals surface area (Å²) in [4.78, 5) is 4.02. The van der Waals surface area contributed by atoms with Crippen molar-refractivity contribution in [2.75, 3.05) is 7.11 Å². The number of methoxy groups -OCH3 is 1. The third-order valence-electron chi connectivity index (χ3n) is 4.16. The predicted octanol–water partition coefficient (Wildman–Crippen LogP) is 4.57. The average molecular weight is 369 g/mol. The predicted molar refractivity (Wildman–Crippen MR) is 104 cm³/mol. The Hall–Kier alpha value is -2.56. The molecule has 1 aromatic heterocycles. The molecule has 0 aliphatic carbocycles. The Morgan fingerprint density at radius 2 is 1.81 bits per heavy atom. The highest BCUT2D eigenvalue weighted by Gasteiger charge is 2.11. The highest BCUT2D eigenvalue weighted by atomic mass is 35.5. The summed E-state index contributed by atoms with van der Waals surface area (Å²) in [7, 11) is 1.63. The Kier molecular flexibility index (Phi) is 6.10. The van der Waals surface area contributed by atoms with E-state index >= 15 is 0 Å². The zero-order valence-electron chi connectivity index (χ0n) is 14.6. The van der Waals surface area contributed by atoms with Gasteiger partial charge in [-0.1, -0.05) is 35.9 Å². The molecule has 5 heteroatoms. The fraction of sp³-hybridized carbons (Fsp3) is 0.190.